The van der Waals surface area contributed by atoms with Crippen LogP contribution in [-0.4, -0.2) is 50.7 Å². The van der Waals surface area contributed by atoms with Crippen LogP contribution in [0, 0.1) is 0 Å². The first-order chi connectivity index (χ1) is 12.4. The van der Waals surface area contributed by atoms with Crippen LogP contribution in [-0.2, 0) is 28.9 Å². The van der Waals surface area contributed by atoms with Gasteiger partial charge in [0.25, 0.3) is 23.6 Å². The molecule has 0 atom stereocenters. The SMILES string of the molecule is O=C(ON1C(=O)CCC1=O)c1cncc(C(=O)ON2C(=O)CCC2=O)c1. The predicted molar refractivity (Wildman–Crippen MR) is 77.2 cm³/mol. The summed E-state index contributed by atoms with van der Waals surface area (Å²) in [5, 5.41) is 0.712. The lowest BCUT2D eigenvalue weighted by atomic mass is 10.2. The Morgan fingerprint density at radius 3 is 1.42 bits per heavy atom. The molecule has 11 heteroatoms. The molecule has 3 heterocycles. The number of amides is 4. The van der Waals surface area contributed by atoms with Gasteiger partial charge in [0.2, 0.25) is 0 Å². The van der Waals surface area contributed by atoms with Crippen molar-refractivity contribution in [1.29, 1.82) is 0 Å². The van der Waals surface area contributed by atoms with Crippen molar-refractivity contribution >= 4 is 35.6 Å². The molecule has 2 aliphatic rings. The number of imide groups is 2. The van der Waals surface area contributed by atoms with Gasteiger partial charge in [0.15, 0.2) is 0 Å². The molecule has 11 nitrogen and oxygen atoms in total. The minimum Gasteiger partial charge on any atom is -0.325 e. The molecule has 0 bridgehead atoms. The third-order valence-corrected chi connectivity index (χ3v) is 3.57. The fraction of sp³-hybridized carbons (Fsp3) is 0.267. The number of carbonyl (C=O) groups excluding carboxylic acids is 6. The maximum atomic E-state index is 12.0. The highest BCUT2D eigenvalue weighted by atomic mass is 16.7. The van der Waals surface area contributed by atoms with Gasteiger partial charge in [-0.1, -0.05) is 0 Å². The summed E-state index contributed by atoms with van der Waals surface area (Å²) >= 11 is 0. The molecule has 0 N–H and O–H groups in total. The highest BCUT2D eigenvalue weighted by molar-refractivity contribution is 6.04. The third-order valence-electron chi connectivity index (χ3n) is 3.57. The van der Waals surface area contributed by atoms with Gasteiger partial charge < -0.3 is 9.68 Å². The normalized spacial score (nSPS) is 17.1. The Bertz CT molecular complexity index is 752. The van der Waals surface area contributed by atoms with Crippen LogP contribution in [0.3, 0.4) is 0 Å². The summed E-state index contributed by atoms with van der Waals surface area (Å²) in [6, 6.07) is 1.04. The van der Waals surface area contributed by atoms with Crippen molar-refractivity contribution in [2.24, 2.45) is 0 Å². The molecule has 0 saturated carbocycles. The van der Waals surface area contributed by atoms with Crippen molar-refractivity contribution < 1.29 is 38.4 Å². The van der Waals surface area contributed by atoms with Crippen molar-refractivity contribution in [2.75, 3.05) is 0 Å². The monoisotopic (exact) mass is 361 g/mol. The molecule has 3 rings (SSSR count). The van der Waals surface area contributed by atoms with E-state index >= 15 is 0 Å². The van der Waals surface area contributed by atoms with E-state index < -0.39 is 35.6 Å². The van der Waals surface area contributed by atoms with E-state index in [1.54, 1.807) is 0 Å². The fourth-order valence-electron chi connectivity index (χ4n) is 2.25. The van der Waals surface area contributed by atoms with Crippen LogP contribution in [0.2, 0.25) is 0 Å². The van der Waals surface area contributed by atoms with E-state index in [9.17, 15) is 28.8 Å². The summed E-state index contributed by atoms with van der Waals surface area (Å²) in [7, 11) is 0. The number of hydrogen-bond acceptors (Lipinski definition) is 9. The van der Waals surface area contributed by atoms with Gasteiger partial charge in [-0.2, -0.15) is 0 Å². The first kappa shape index (κ1) is 17.2. The number of pyridine rings is 1. The second kappa shape index (κ2) is 6.70. The van der Waals surface area contributed by atoms with Gasteiger partial charge in [0, 0.05) is 38.1 Å². The lowest BCUT2D eigenvalue weighted by molar-refractivity contribution is -0.173. The second-order valence-corrected chi connectivity index (χ2v) is 5.38. The average Bonchev–Trinajstić information content (AvgIpc) is 3.11. The molecular weight excluding hydrogens is 350 g/mol. The molecule has 4 amide bonds. The Labute approximate surface area is 145 Å². The zero-order chi connectivity index (χ0) is 18.8. The predicted octanol–water partition coefficient (Wildman–Crippen LogP) is -0.477. The summed E-state index contributed by atoms with van der Waals surface area (Å²) < 4.78 is 0. The standard InChI is InChI=1S/C15H11N3O8/c19-10-1-2-11(20)17(10)25-14(23)8-5-9(7-16-6-8)15(24)26-18-12(21)3-4-13(18)22/h5-7H,1-4H2. The zero-order valence-corrected chi connectivity index (χ0v) is 13.2. The minimum absolute atomic E-state index is 0.0609. The molecule has 134 valence electrons. The fourth-order valence-corrected chi connectivity index (χ4v) is 2.25. The zero-order valence-electron chi connectivity index (χ0n) is 13.2. The molecular formula is C15H11N3O8. The molecule has 26 heavy (non-hydrogen) atoms. The molecule has 1 aromatic heterocycles. The van der Waals surface area contributed by atoms with Crippen molar-refractivity contribution in [3.05, 3.63) is 29.6 Å². The number of hydroxylamine groups is 4. The molecule has 1 aromatic rings. The van der Waals surface area contributed by atoms with E-state index in [1.165, 1.54) is 0 Å². The van der Waals surface area contributed by atoms with Crippen molar-refractivity contribution in [3.8, 4) is 0 Å². The van der Waals surface area contributed by atoms with Crippen LogP contribution >= 0.6 is 0 Å². The molecule has 2 aliphatic heterocycles. The first-order valence-electron chi connectivity index (χ1n) is 7.48. The molecule has 2 fully saturated rings. The van der Waals surface area contributed by atoms with E-state index in [1.807, 2.05) is 0 Å². The van der Waals surface area contributed by atoms with Gasteiger partial charge in [-0.25, -0.2) is 9.59 Å². The topological polar surface area (TPSA) is 140 Å². The highest BCUT2D eigenvalue weighted by Crippen LogP contribution is 2.16. The van der Waals surface area contributed by atoms with Crippen LogP contribution in [0.15, 0.2) is 18.5 Å². The summed E-state index contributed by atoms with van der Waals surface area (Å²) in [5.74, 6) is -4.78. The Balaban J connectivity index is 1.71. The lowest BCUT2D eigenvalue weighted by Gasteiger charge is -2.14. The van der Waals surface area contributed by atoms with Crippen molar-refractivity contribution in [2.45, 2.75) is 25.7 Å². The second-order valence-electron chi connectivity index (χ2n) is 5.38. The first-order valence-corrected chi connectivity index (χ1v) is 7.48. The van der Waals surface area contributed by atoms with Crippen LogP contribution < -0.4 is 0 Å². The van der Waals surface area contributed by atoms with Gasteiger partial charge >= 0.3 is 11.9 Å². The summed E-state index contributed by atoms with van der Waals surface area (Å²) in [5.41, 5.74) is -0.461. The van der Waals surface area contributed by atoms with E-state index in [4.69, 9.17) is 9.68 Å². The van der Waals surface area contributed by atoms with Gasteiger partial charge in [-0.15, -0.1) is 10.1 Å². The average molecular weight is 361 g/mol. The minimum atomic E-state index is -1.08. The van der Waals surface area contributed by atoms with Gasteiger partial charge in [0.1, 0.15) is 0 Å². The van der Waals surface area contributed by atoms with E-state index in [2.05, 4.69) is 4.98 Å². The Morgan fingerprint density at radius 2 is 1.08 bits per heavy atom. The smallest absolute Gasteiger partial charge is 0.325 e. The number of hydrogen-bond donors (Lipinski definition) is 0. The summed E-state index contributed by atoms with van der Waals surface area (Å²) in [4.78, 5) is 83.0. The largest absolute Gasteiger partial charge is 0.365 e. The van der Waals surface area contributed by atoms with E-state index in [0.29, 0.717) is 10.1 Å². The molecule has 0 aliphatic carbocycles. The van der Waals surface area contributed by atoms with E-state index in [0.717, 1.165) is 18.5 Å². The van der Waals surface area contributed by atoms with Crippen molar-refractivity contribution in [1.82, 2.24) is 15.1 Å². The molecule has 0 unspecified atom stereocenters. The number of carbonyl (C=O) groups is 6. The Morgan fingerprint density at radius 1 is 0.731 bits per heavy atom. The van der Waals surface area contributed by atoms with Crippen LogP contribution in [0.1, 0.15) is 46.4 Å². The lowest BCUT2D eigenvalue weighted by Crippen LogP contribution is -2.33. The van der Waals surface area contributed by atoms with Gasteiger partial charge in [-0.05, 0) is 6.07 Å². The molecule has 0 aromatic carbocycles. The highest BCUT2D eigenvalue weighted by Gasteiger charge is 2.34. The summed E-state index contributed by atoms with van der Waals surface area (Å²) in [6.07, 6.45) is 1.86. The van der Waals surface area contributed by atoms with Crippen LogP contribution in [0.4, 0.5) is 0 Å². The third kappa shape index (κ3) is 3.27. The molecule has 2 saturated heterocycles. The molecule has 0 spiro atoms. The Hall–Kier alpha value is -3.63. The van der Waals surface area contributed by atoms with Crippen molar-refractivity contribution in [3.63, 3.8) is 0 Å². The van der Waals surface area contributed by atoms with Crippen LogP contribution in [0.25, 0.3) is 0 Å². The summed E-state index contributed by atoms with van der Waals surface area (Å²) in [6.45, 7) is 0. The van der Waals surface area contributed by atoms with Crippen LogP contribution in [0.5, 0.6) is 0 Å². The number of aromatic nitrogens is 1. The Kier molecular flexibility index (Phi) is 4.43. The van der Waals surface area contributed by atoms with Gasteiger partial charge in [-0.3, -0.25) is 24.2 Å². The maximum absolute atomic E-state index is 12.0. The quantitative estimate of drug-likeness (QED) is 0.650. The molecule has 0 radical (unpaired) electrons. The van der Waals surface area contributed by atoms with Gasteiger partial charge in [0.05, 0.1) is 11.1 Å². The number of rotatable bonds is 4. The number of nitrogens with zero attached hydrogens (tertiary/aromatic N) is 3. The van der Waals surface area contributed by atoms with E-state index in [-0.39, 0.29) is 36.8 Å². The maximum Gasteiger partial charge on any atom is 0.365 e.